The number of nitrogens with zero attached hydrogens (tertiary/aromatic N) is 7. The van der Waals surface area contributed by atoms with Crippen molar-refractivity contribution in [1.82, 2.24) is 29.6 Å². The Morgan fingerprint density at radius 2 is 1.02 bits per heavy atom. The second-order valence-electron chi connectivity index (χ2n) is 17.0. The van der Waals surface area contributed by atoms with Gasteiger partial charge in [-0.3, -0.25) is 24.0 Å². The lowest BCUT2D eigenvalue weighted by atomic mass is 9.72. The molecule has 1 N–H and O–H groups in total. The third-order valence-electron chi connectivity index (χ3n) is 13.1. The molecule has 4 aliphatic rings. The van der Waals surface area contributed by atoms with Crippen molar-refractivity contribution in [3.05, 3.63) is 194 Å². The first-order valence-corrected chi connectivity index (χ1v) is 22.7. The minimum atomic E-state index is -0.725. The van der Waals surface area contributed by atoms with Gasteiger partial charge in [0.1, 0.15) is 16.1 Å². The average Bonchev–Trinajstić information content (AvgIpc) is 3.84. The van der Waals surface area contributed by atoms with Crippen LogP contribution >= 0.6 is 15.9 Å². The molecule has 0 atom stereocenters. The highest BCUT2D eigenvalue weighted by molar-refractivity contribution is 9.10. The number of amides is 2. The Balaban J connectivity index is 0.000000182. The fourth-order valence-electron chi connectivity index (χ4n) is 9.53. The van der Waals surface area contributed by atoms with Crippen LogP contribution in [-0.4, -0.2) is 73.7 Å². The Labute approximate surface area is 384 Å². The molecular weight excluding hydrogens is 891 g/mol. The second kappa shape index (κ2) is 18.6. The van der Waals surface area contributed by atoms with Crippen LogP contribution in [0.4, 0.5) is 8.78 Å². The van der Waals surface area contributed by atoms with Gasteiger partial charge >= 0.3 is 0 Å². The lowest BCUT2D eigenvalue weighted by Gasteiger charge is -2.38. The van der Waals surface area contributed by atoms with E-state index in [-0.39, 0.29) is 29.0 Å². The Morgan fingerprint density at radius 1 is 0.585 bits per heavy atom. The van der Waals surface area contributed by atoms with Gasteiger partial charge in [-0.25, -0.2) is 23.5 Å². The van der Waals surface area contributed by atoms with Crippen molar-refractivity contribution in [3.63, 3.8) is 0 Å². The molecule has 0 radical (unpaired) electrons. The topological polar surface area (TPSA) is 108 Å². The zero-order valence-electron chi connectivity index (χ0n) is 36.0. The summed E-state index contributed by atoms with van der Waals surface area (Å²) >= 11 is 3.55. The summed E-state index contributed by atoms with van der Waals surface area (Å²) in [7, 11) is 1.90. The van der Waals surface area contributed by atoms with E-state index < -0.39 is 10.8 Å². The number of likely N-dealkylation sites (tertiary alicyclic amines) is 1. The number of hydrogen-bond donors (Lipinski definition) is 1. The number of nitrogens with one attached hydrogen (secondary N) is 1. The van der Waals surface area contributed by atoms with E-state index in [0.29, 0.717) is 50.0 Å². The number of para-hydroxylation sites is 1. The number of piperidine rings is 2. The summed E-state index contributed by atoms with van der Waals surface area (Å²) in [5.74, 6) is -0.548. The van der Waals surface area contributed by atoms with Gasteiger partial charge in [0.15, 0.2) is 0 Å². The monoisotopic (exact) mass is 938 g/mol. The third kappa shape index (κ3) is 8.65. The van der Waals surface area contributed by atoms with E-state index in [4.69, 9.17) is 10.2 Å². The fraction of sp³-hybridized carbons (Fsp3) is 0.275. The van der Waals surface area contributed by atoms with Crippen LogP contribution in [0.15, 0.2) is 159 Å². The van der Waals surface area contributed by atoms with E-state index >= 15 is 0 Å². The van der Waals surface area contributed by atoms with Crippen LogP contribution in [0.2, 0.25) is 0 Å². The molecule has 5 aromatic carbocycles. The molecule has 2 saturated heterocycles. The van der Waals surface area contributed by atoms with Crippen LogP contribution in [0.5, 0.6) is 0 Å². The van der Waals surface area contributed by atoms with Crippen molar-refractivity contribution in [2.24, 2.45) is 28.1 Å². The first kappa shape index (κ1) is 43.9. The van der Waals surface area contributed by atoms with Gasteiger partial charge in [-0.2, -0.15) is 10.2 Å². The minimum absolute atomic E-state index is 0.0147. The lowest BCUT2D eigenvalue weighted by Crippen LogP contribution is -2.48. The van der Waals surface area contributed by atoms with Crippen LogP contribution in [0.25, 0.3) is 5.69 Å². The first-order valence-electron chi connectivity index (χ1n) is 21.9. The Morgan fingerprint density at radius 3 is 1.48 bits per heavy atom. The smallest absolute Gasteiger partial charge is 0.286 e. The second-order valence-corrected chi connectivity index (χ2v) is 17.8. The van der Waals surface area contributed by atoms with E-state index in [1.54, 1.807) is 39.0 Å². The van der Waals surface area contributed by atoms with Crippen LogP contribution < -0.4 is 10.9 Å². The molecule has 5 heterocycles. The predicted octanol–water partition coefficient (Wildman–Crippen LogP) is 8.05. The van der Waals surface area contributed by atoms with Crippen LogP contribution in [-0.2, 0) is 36.3 Å². The van der Waals surface area contributed by atoms with E-state index in [1.807, 2.05) is 103 Å². The number of hydrogen-bond acceptors (Lipinski definition) is 7. The van der Waals surface area contributed by atoms with Crippen molar-refractivity contribution >= 4 is 39.2 Å². The molecule has 0 unspecified atom stereocenters. The van der Waals surface area contributed by atoms with E-state index in [0.717, 1.165) is 71.0 Å². The van der Waals surface area contributed by atoms with Gasteiger partial charge in [0.25, 0.3) is 17.4 Å². The lowest BCUT2D eigenvalue weighted by molar-refractivity contribution is -0.139. The highest BCUT2D eigenvalue weighted by atomic mass is 79.9. The summed E-state index contributed by atoms with van der Waals surface area (Å²) in [6.45, 7) is 4.21. The number of halogens is 3. The molecule has 2 spiro atoms. The summed E-state index contributed by atoms with van der Waals surface area (Å²) in [6, 6.07) is 41.8. The summed E-state index contributed by atoms with van der Waals surface area (Å²) in [6.07, 6.45) is 2.73. The highest BCUT2D eigenvalue weighted by Crippen LogP contribution is 2.43. The first-order chi connectivity index (χ1) is 31.6. The summed E-state index contributed by atoms with van der Waals surface area (Å²) < 4.78 is 30.7. The maximum atomic E-state index is 14.0. The molecule has 2 amide bonds. The number of hydrazone groups is 2. The molecule has 10 rings (SSSR count). The summed E-state index contributed by atoms with van der Waals surface area (Å²) in [4.78, 5) is 42.6. The van der Waals surface area contributed by atoms with Gasteiger partial charge in [-0.1, -0.05) is 103 Å². The molecular formula is C51H49BrF2N8O3. The Kier molecular flexibility index (Phi) is 12.6. The van der Waals surface area contributed by atoms with Gasteiger partial charge in [-0.15, -0.1) is 0 Å². The molecule has 2 fully saturated rings. The quantitative estimate of drug-likeness (QED) is 0.158. The van der Waals surface area contributed by atoms with Gasteiger partial charge in [0.2, 0.25) is 0 Å². The molecule has 65 heavy (non-hydrogen) atoms. The fourth-order valence-corrected chi connectivity index (χ4v) is 10.1. The molecule has 0 aliphatic carbocycles. The van der Waals surface area contributed by atoms with Crippen molar-refractivity contribution in [2.45, 2.75) is 45.3 Å². The molecule has 0 saturated carbocycles. The summed E-state index contributed by atoms with van der Waals surface area (Å²) in [5.41, 5.74) is 5.62. The number of rotatable bonds is 9. The highest BCUT2D eigenvalue weighted by Gasteiger charge is 2.53. The number of carbonyl (C=O) groups excluding carboxylic acids is 2. The Bertz CT molecular complexity index is 2780. The minimum Gasteiger partial charge on any atom is -0.317 e. The maximum absolute atomic E-state index is 14.0. The van der Waals surface area contributed by atoms with Crippen LogP contribution in [0.3, 0.4) is 0 Å². The molecule has 1 aromatic heterocycles. The number of benzene rings is 5. The van der Waals surface area contributed by atoms with E-state index in [2.05, 4.69) is 26.1 Å². The van der Waals surface area contributed by atoms with Gasteiger partial charge in [0, 0.05) is 13.6 Å². The SMILES string of the molecule is Cn1c(CN2CCC3(CC2)C(=O)N(Cc2ccc(F)cc2)N=C3c2ccccc2)c(Br)c(=O)n1-c1ccccc1.O=C1N(Cc2ccc(F)cc2)N=C(c2ccccc2)C12CCNCC2. The summed E-state index contributed by atoms with van der Waals surface area (Å²) in [5, 5.41) is 16.0. The zero-order chi connectivity index (χ0) is 45.1. The van der Waals surface area contributed by atoms with E-state index in [9.17, 15) is 23.2 Å². The molecule has 6 aromatic rings. The zero-order valence-corrected chi connectivity index (χ0v) is 37.6. The van der Waals surface area contributed by atoms with Crippen molar-refractivity contribution in [1.29, 1.82) is 0 Å². The standard InChI is InChI=1S/C31H29BrFN5O2.C20H20FN3O/c1-35-26(27(32)29(39)38(35)25-10-6-3-7-11-25)21-36-18-16-31(17-19-36)28(23-8-4-2-5-9-23)34-37(30(31)40)20-22-12-14-24(33)15-13-22;21-17-8-6-15(7-9-17)14-24-19(25)20(10-12-22-13-11-20)18(23-24)16-4-2-1-3-5-16/h2-15H,16-21H2,1H3;1-9,22H,10-14H2. The van der Waals surface area contributed by atoms with Crippen molar-refractivity contribution < 1.29 is 18.4 Å². The average molecular weight is 940 g/mol. The normalized spacial score (nSPS) is 17.9. The molecule has 14 heteroatoms. The molecule has 332 valence electrons. The molecule has 4 aliphatic heterocycles. The van der Waals surface area contributed by atoms with Crippen LogP contribution in [0, 0.1) is 22.5 Å². The van der Waals surface area contributed by atoms with Gasteiger partial charge < -0.3 is 5.32 Å². The predicted molar refractivity (Wildman–Crippen MR) is 250 cm³/mol. The number of aromatic nitrogens is 2. The molecule has 11 nitrogen and oxygen atoms in total. The van der Waals surface area contributed by atoms with Crippen LogP contribution in [0.1, 0.15) is 53.6 Å². The van der Waals surface area contributed by atoms with Crippen molar-refractivity contribution in [3.8, 4) is 5.69 Å². The Hall–Kier alpha value is -6.35. The molecule has 0 bridgehead atoms. The van der Waals surface area contributed by atoms with E-state index in [1.165, 1.54) is 24.3 Å². The largest absolute Gasteiger partial charge is 0.317 e. The van der Waals surface area contributed by atoms with Gasteiger partial charge in [-0.05, 0) is 126 Å². The third-order valence-corrected chi connectivity index (χ3v) is 13.9. The number of carbonyl (C=O) groups is 2. The van der Waals surface area contributed by atoms with Gasteiger partial charge in [0.05, 0.1) is 46.7 Å². The maximum Gasteiger partial charge on any atom is 0.286 e. The van der Waals surface area contributed by atoms with Crippen molar-refractivity contribution in [2.75, 3.05) is 26.2 Å².